The summed E-state index contributed by atoms with van der Waals surface area (Å²) in [6.07, 6.45) is 0. The summed E-state index contributed by atoms with van der Waals surface area (Å²) in [5, 5.41) is 12.4. The molecule has 0 saturated carbocycles. The van der Waals surface area contributed by atoms with Gasteiger partial charge in [0.05, 0.1) is 11.0 Å². The first-order valence-corrected chi connectivity index (χ1v) is 24.8. The van der Waals surface area contributed by atoms with Crippen molar-refractivity contribution in [3.05, 3.63) is 279 Å². The fraction of sp³-hybridized carbons (Fsp3) is 0. The van der Waals surface area contributed by atoms with E-state index in [-0.39, 0.29) is 0 Å². The van der Waals surface area contributed by atoms with Crippen LogP contribution in [0, 0.1) is 0 Å². The highest BCUT2D eigenvalue weighted by molar-refractivity contribution is 6.22. The van der Waals surface area contributed by atoms with Crippen molar-refractivity contribution in [2.24, 2.45) is 0 Å². The van der Waals surface area contributed by atoms with Crippen molar-refractivity contribution >= 4 is 82.0 Å². The maximum Gasteiger partial charge on any atom is 0.0541 e. The Hall–Kier alpha value is -9.50. The highest BCUT2D eigenvalue weighted by Crippen LogP contribution is 2.46. The minimum atomic E-state index is 1.08. The van der Waals surface area contributed by atoms with Crippen LogP contribution in [0.3, 0.4) is 0 Å². The van der Waals surface area contributed by atoms with Crippen LogP contribution in [-0.4, -0.2) is 4.57 Å². The van der Waals surface area contributed by atoms with Gasteiger partial charge in [0.15, 0.2) is 0 Å². The van der Waals surface area contributed by atoms with Gasteiger partial charge in [0.2, 0.25) is 0 Å². The molecule has 0 radical (unpaired) electrons. The van der Waals surface area contributed by atoms with Crippen molar-refractivity contribution in [3.8, 4) is 50.2 Å². The second-order valence-corrected chi connectivity index (χ2v) is 18.8. The molecule has 0 spiro atoms. The molecule has 2 heteroatoms. The highest BCUT2D eigenvalue weighted by Gasteiger charge is 2.20. The van der Waals surface area contributed by atoms with Crippen LogP contribution in [0.25, 0.3) is 115 Å². The highest BCUT2D eigenvalue weighted by atomic mass is 15.1. The van der Waals surface area contributed by atoms with Crippen LogP contribution in [0.4, 0.5) is 17.1 Å². The summed E-state index contributed by atoms with van der Waals surface area (Å²) >= 11 is 0. The van der Waals surface area contributed by atoms with E-state index < -0.39 is 0 Å². The molecule has 0 N–H and O–H groups in total. The van der Waals surface area contributed by atoms with Gasteiger partial charge in [0.25, 0.3) is 0 Å². The zero-order valence-electron chi connectivity index (χ0n) is 39.5. The van der Waals surface area contributed by atoms with Gasteiger partial charge in [-0.2, -0.15) is 0 Å². The number of rotatable bonds is 8. The monoisotopic (exact) mass is 914 g/mol. The molecule has 0 saturated heterocycles. The first kappa shape index (κ1) is 41.5. The minimum Gasteiger partial charge on any atom is -0.310 e. The van der Waals surface area contributed by atoms with Crippen molar-refractivity contribution in [2.75, 3.05) is 4.90 Å². The molecule has 0 aliphatic rings. The van der Waals surface area contributed by atoms with Crippen molar-refractivity contribution in [1.29, 1.82) is 0 Å². The fourth-order valence-corrected chi connectivity index (χ4v) is 11.4. The number of anilines is 3. The zero-order valence-corrected chi connectivity index (χ0v) is 39.5. The van der Waals surface area contributed by atoms with E-state index in [1.165, 1.54) is 98.3 Å². The van der Waals surface area contributed by atoms with E-state index in [0.717, 1.165) is 33.9 Å². The number of aromatic nitrogens is 1. The summed E-state index contributed by atoms with van der Waals surface area (Å²) < 4.78 is 2.38. The topological polar surface area (TPSA) is 8.17 Å². The molecule has 0 unspecified atom stereocenters. The molecule has 14 aromatic rings. The van der Waals surface area contributed by atoms with Crippen molar-refractivity contribution in [1.82, 2.24) is 4.57 Å². The van der Waals surface area contributed by atoms with Gasteiger partial charge < -0.3 is 9.47 Å². The lowest BCUT2D eigenvalue weighted by molar-refractivity contribution is 1.18. The third kappa shape index (κ3) is 6.95. The Morgan fingerprint density at radius 1 is 0.222 bits per heavy atom. The SMILES string of the molecule is c1ccc(-c2c(-c3ccccc3)c3cc(-c4ccc(N(c5cccc(-c6ccc7c(c6)c6ccccc6n7-c6ccccc6)c5)c5ccc6c(ccc7ccccc76)c5)cc4)ccc3c3ccccc23)cc1. The normalized spacial score (nSPS) is 11.6. The van der Waals surface area contributed by atoms with Gasteiger partial charge >= 0.3 is 0 Å². The number of para-hydroxylation sites is 2. The lowest BCUT2D eigenvalue weighted by Gasteiger charge is -2.27. The standard InChI is InChI=1S/C70H46N2/c1-4-18-49(19-5-1)69-64-29-13-12-27-61(64)62-40-35-52(46-66(62)70(69)50-20-6-2-7-21-50)47-33-37-56(38-34-47)71(58-39-41-60-54(44-58)32-31-48-17-10-11-26-59(48)60)57-25-16-22-51(43-57)53-36-42-68-65(45-53)63-28-14-15-30-67(63)72(68)55-23-8-3-9-24-55/h1-46H. The molecule has 0 aliphatic heterocycles. The molecule has 1 heterocycles. The Bertz CT molecular complexity index is 4360. The second kappa shape index (κ2) is 17.2. The number of hydrogen-bond donors (Lipinski definition) is 0. The van der Waals surface area contributed by atoms with E-state index in [1.54, 1.807) is 0 Å². The van der Waals surface area contributed by atoms with Gasteiger partial charge in [0.1, 0.15) is 0 Å². The average Bonchev–Trinajstić information content (AvgIpc) is 3.79. The Morgan fingerprint density at radius 3 is 1.49 bits per heavy atom. The second-order valence-electron chi connectivity index (χ2n) is 18.8. The predicted molar refractivity (Wildman–Crippen MR) is 307 cm³/mol. The van der Waals surface area contributed by atoms with Gasteiger partial charge in [-0.25, -0.2) is 0 Å². The lowest BCUT2D eigenvalue weighted by Crippen LogP contribution is -2.10. The molecule has 13 aromatic carbocycles. The summed E-state index contributed by atoms with van der Waals surface area (Å²) in [6.45, 7) is 0. The predicted octanol–water partition coefficient (Wildman–Crippen LogP) is 19.5. The summed E-state index contributed by atoms with van der Waals surface area (Å²) in [5.41, 5.74) is 16.4. The summed E-state index contributed by atoms with van der Waals surface area (Å²) in [5.74, 6) is 0. The zero-order chi connectivity index (χ0) is 47.5. The number of nitrogens with zero attached hydrogens (tertiary/aromatic N) is 2. The van der Waals surface area contributed by atoms with Crippen LogP contribution < -0.4 is 4.90 Å². The van der Waals surface area contributed by atoms with Gasteiger partial charge in [-0.15, -0.1) is 0 Å². The van der Waals surface area contributed by atoms with Crippen LogP contribution in [-0.2, 0) is 0 Å². The maximum atomic E-state index is 2.41. The first-order valence-electron chi connectivity index (χ1n) is 24.8. The third-order valence-corrected chi connectivity index (χ3v) is 14.7. The fourth-order valence-electron chi connectivity index (χ4n) is 11.4. The Morgan fingerprint density at radius 2 is 0.708 bits per heavy atom. The van der Waals surface area contributed by atoms with E-state index in [1.807, 2.05) is 0 Å². The molecule has 0 atom stereocenters. The Kier molecular flexibility index (Phi) is 9.89. The van der Waals surface area contributed by atoms with Crippen LogP contribution in [0.2, 0.25) is 0 Å². The average molecular weight is 915 g/mol. The van der Waals surface area contributed by atoms with Crippen LogP contribution in [0.1, 0.15) is 0 Å². The van der Waals surface area contributed by atoms with Gasteiger partial charge in [-0.05, 0) is 160 Å². The summed E-state index contributed by atoms with van der Waals surface area (Å²) in [4.78, 5) is 2.41. The van der Waals surface area contributed by atoms with Crippen molar-refractivity contribution < 1.29 is 0 Å². The molecular formula is C70H46N2. The third-order valence-electron chi connectivity index (χ3n) is 14.7. The van der Waals surface area contributed by atoms with Crippen LogP contribution in [0.15, 0.2) is 279 Å². The molecule has 0 bridgehead atoms. The van der Waals surface area contributed by atoms with Gasteiger partial charge in [0, 0.05) is 33.5 Å². The van der Waals surface area contributed by atoms with Crippen LogP contribution in [0.5, 0.6) is 0 Å². The summed E-state index contributed by atoms with van der Waals surface area (Å²) in [6, 6.07) is 102. The van der Waals surface area contributed by atoms with Crippen LogP contribution >= 0.6 is 0 Å². The largest absolute Gasteiger partial charge is 0.310 e. The summed E-state index contributed by atoms with van der Waals surface area (Å²) in [7, 11) is 0. The quantitative estimate of drug-likeness (QED) is 0.138. The van der Waals surface area contributed by atoms with E-state index in [2.05, 4.69) is 289 Å². The van der Waals surface area contributed by atoms with E-state index in [9.17, 15) is 0 Å². The molecule has 336 valence electrons. The smallest absolute Gasteiger partial charge is 0.0541 e. The molecular weight excluding hydrogens is 869 g/mol. The minimum absolute atomic E-state index is 1.08. The van der Waals surface area contributed by atoms with E-state index in [4.69, 9.17) is 0 Å². The molecule has 14 rings (SSSR count). The number of benzene rings is 13. The van der Waals surface area contributed by atoms with E-state index in [0.29, 0.717) is 0 Å². The van der Waals surface area contributed by atoms with Gasteiger partial charge in [-0.3, -0.25) is 0 Å². The molecule has 0 aliphatic carbocycles. The van der Waals surface area contributed by atoms with Crippen molar-refractivity contribution in [2.45, 2.75) is 0 Å². The maximum absolute atomic E-state index is 2.41. The van der Waals surface area contributed by atoms with E-state index >= 15 is 0 Å². The van der Waals surface area contributed by atoms with Gasteiger partial charge in [-0.1, -0.05) is 206 Å². The molecule has 2 nitrogen and oxygen atoms in total. The van der Waals surface area contributed by atoms with Crippen molar-refractivity contribution in [3.63, 3.8) is 0 Å². The molecule has 0 fully saturated rings. The lowest BCUT2D eigenvalue weighted by atomic mass is 9.84. The molecule has 0 amide bonds. The molecule has 72 heavy (non-hydrogen) atoms. The Balaban J connectivity index is 0.912. The number of fused-ring (bicyclic) bond motifs is 9. The Labute approximate surface area is 418 Å². The molecule has 1 aromatic heterocycles. The number of hydrogen-bond acceptors (Lipinski definition) is 1. The first-order chi connectivity index (χ1) is 35.7.